The minimum absolute atomic E-state index is 0.0438. The number of methoxy groups -OCH3 is 1. The highest BCUT2D eigenvalue weighted by molar-refractivity contribution is 5.76. The predicted molar refractivity (Wildman–Crippen MR) is 73.1 cm³/mol. The Kier molecular flexibility index (Phi) is 4.52. The SMILES string of the molecule is COCCNC(=O)CCc1c(C)nc2ccccn12. The van der Waals surface area contributed by atoms with E-state index in [-0.39, 0.29) is 5.91 Å². The van der Waals surface area contributed by atoms with Crippen LogP contribution in [0, 0.1) is 6.92 Å². The number of fused-ring (bicyclic) bond motifs is 1. The minimum atomic E-state index is 0.0438. The van der Waals surface area contributed by atoms with Crippen LogP contribution in [0.25, 0.3) is 5.65 Å². The molecule has 5 nitrogen and oxygen atoms in total. The minimum Gasteiger partial charge on any atom is -0.383 e. The number of carbonyl (C=O) groups excluding carboxylic acids is 1. The average molecular weight is 261 g/mol. The van der Waals surface area contributed by atoms with Gasteiger partial charge in [-0.25, -0.2) is 4.98 Å². The van der Waals surface area contributed by atoms with Crippen molar-refractivity contribution in [3.05, 3.63) is 35.8 Å². The maximum absolute atomic E-state index is 11.7. The second kappa shape index (κ2) is 6.33. The molecule has 0 aromatic carbocycles. The van der Waals surface area contributed by atoms with Crippen molar-refractivity contribution in [2.45, 2.75) is 19.8 Å². The van der Waals surface area contributed by atoms with Crippen LogP contribution in [0.5, 0.6) is 0 Å². The molecular weight excluding hydrogens is 242 g/mol. The van der Waals surface area contributed by atoms with E-state index in [0.717, 1.165) is 17.0 Å². The van der Waals surface area contributed by atoms with Crippen LogP contribution in [0.1, 0.15) is 17.8 Å². The van der Waals surface area contributed by atoms with Gasteiger partial charge < -0.3 is 14.5 Å². The second-order valence-electron chi connectivity index (χ2n) is 4.42. The first-order chi connectivity index (χ1) is 9.22. The fourth-order valence-electron chi connectivity index (χ4n) is 2.08. The number of aromatic nitrogens is 2. The molecule has 19 heavy (non-hydrogen) atoms. The van der Waals surface area contributed by atoms with Crippen molar-refractivity contribution < 1.29 is 9.53 Å². The van der Waals surface area contributed by atoms with Gasteiger partial charge in [-0.05, 0) is 25.5 Å². The van der Waals surface area contributed by atoms with Crippen molar-refractivity contribution >= 4 is 11.6 Å². The molecule has 0 radical (unpaired) electrons. The van der Waals surface area contributed by atoms with Crippen molar-refractivity contribution in [1.82, 2.24) is 14.7 Å². The van der Waals surface area contributed by atoms with Crippen LogP contribution in [0.15, 0.2) is 24.4 Å². The first kappa shape index (κ1) is 13.5. The molecule has 1 N–H and O–H groups in total. The number of rotatable bonds is 6. The molecule has 1 amide bonds. The normalized spacial score (nSPS) is 10.8. The third-order valence-corrected chi connectivity index (χ3v) is 3.05. The Hall–Kier alpha value is -1.88. The number of imidazole rings is 1. The predicted octanol–water partition coefficient (Wildman–Crippen LogP) is 1.34. The Balaban J connectivity index is 1.98. The molecule has 2 rings (SSSR count). The first-order valence-electron chi connectivity index (χ1n) is 6.40. The number of pyridine rings is 1. The number of aryl methyl sites for hydroxylation is 2. The molecule has 0 saturated carbocycles. The van der Waals surface area contributed by atoms with Crippen molar-refractivity contribution in [2.75, 3.05) is 20.3 Å². The van der Waals surface area contributed by atoms with Crippen LogP contribution in [0.3, 0.4) is 0 Å². The number of nitrogens with zero attached hydrogens (tertiary/aromatic N) is 2. The molecule has 0 aliphatic carbocycles. The topological polar surface area (TPSA) is 55.6 Å². The molecule has 0 bridgehead atoms. The molecule has 2 heterocycles. The lowest BCUT2D eigenvalue weighted by Crippen LogP contribution is -2.27. The van der Waals surface area contributed by atoms with Gasteiger partial charge in [0, 0.05) is 32.0 Å². The molecule has 0 unspecified atom stereocenters. The van der Waals surface area contributed by atoms with Gasteiger partial charge in [-0.2, -0.15) is 0 Å². The molecule has 2 aromatic heterocycles. The van der Waals surface area contributed by atoms with Crippen LogP contribution >= 0.6 is 0 Å². The summed E-state index contributed by atoms with van der Waals surface area (Å²) in [6.07, 6.45) is 3.14. The summed E-state index contributed by atoms with van der Waals surface area (Å²) in [7, 11) is 1.62. The molecule has 102 valence electrons. The lowest BCUT2D eigenvalue weighted by atomic mass is 10.2. The molecule has 0 aliphatic heterocycles. The van der Waals surface area contributed by atoms with Gasteiger partial charge in [0.15, 0.2) is 0 Å². The summed E-state index contributed by atoms with van der Waals surface area (Å²) in [5.74, 6) is 0.0438. The zero-order chi connectivity index (χ0) is 13.7. The number of hydrogen-bond donors (Lipinski definition) is 1. The molecular formula is C14H19N3O2. The zero-order valence-corrected chi connectivity index (χ0v) is 11.3. The van der Waals surface area contributed by atoms with Gasteiger partial charge in [0.2, 0.25) is 5.91 Å². The van der Waals surface area contributed by atoms with E-state index in [1.807, 2.05) is 35.7 Å². The number of hydrogen-bond acceptors (Lipinski definition) is 3. The van der Waals surface area contributed by atoms with E-state index in [0.29, 0.717) is 26.0 Å². The zero-order valence-electron chi connectivity index (χ0n) is 11.3. The molecule has 0 atom stereocenters. The Morgan fingerprint density at radius 1 is 1.47 bits per heavy atom. The van der Waals surface area contributed by atoms with Crippen molar-refractivity contribution in [2.24, 2.45) is 0 Å². The van der Waals surface area contributed by atoms with Crippen LogP contribution in [-0.2, 0) is 16.0 Å². The van der Waals surface area contributed by atoms with Crippen molar-refractivity contribution in [3.63, 3.8) is 0 Å². The largest absolute Gasteiger partial charge is 0.383 e. The molecule has 2 aromatic rings. The molecule has 0 spiro atoms. The van der Waals surface area contributed by atoms with Gasteiger partial charge in [-0.1, -0.05) is 6.07 Å². The molecule has 0 fully saturated rings. The number of nitrogens with one attached hydrogen (secondary N) is 1. The highest BCUT2D eigenvalue weighted by atomic mass is 16.5. The highest BCUT2D eigenvalue weighted by Crippen LogP contribution is 2.13. The summed E-state index contributed by atoms with van der Waals surface area (Å²) < 4.78 is 6.93. The second-order valence-corrected chi connectivity index (χ2v) is 4.42. The van der Waals surface area contributed by atoms with Crippen LogP contribution in [0.2, 0.25) is 0 Å². The molecule has 0 saturated heterocycles. The van der Waals surface area contributed by atoms with Crippen LogP contribution < -0.4 is 5.32 Å². The van der Waals surface area contributed by atoms with Crippen molar-refractivity contribution in [3.8, 4) is 0 Å². The Morgan fingerprint density at radius 3 is 3.11 bits per heavy atom. The van der Waals surface area contributed by atoms with Gasteiger partial charge in [-0.3, -0.25) is 4.79 Å². The first-order valence-corrected chi connectivity index (χ1v) is 6.40. The van der Waals surface area contributed by atoms with E-state index in [1.54, 1.807) is 7.11 Å². The fraction of sp³-hybridized carbons (Fsp3) is 0.429. The number of ether oxygens (including phenoxy) is 1. The van der Waals surface area contributed by atoms with E-state index in [1.165, 1.54) is 0 Å². The maximum atomic E-state index is 11.7. The standard InChI is InChI=1S/C14H19N3O2/c1-11-12(6-7-14(18)15-8-10-19-2)17-9-4-3-5-13(17)16-11/h3-5,9H,6-8,10H2,1-2H3,(H,15,18). The van der Waals surface area contributed by atoms with E-state index >= 15 is 0 Å². The summed E-state index contributed by atoms with van der Waals surface area (Å²) >= 11 is 0. The lowest BCUT2D eigenvalue weighted by molar-refractivity contribution is -0.121. The monoisotopic (exact) mass is 261 g/mol. The van der Waals surface area contributed by atoms with Gasteiger partial charge in [-0.15, -0.1) is 0 Å². The summed E-state index contributed by atoms with van der Waals surface area (Å²) in [5, 5.41) is 2.82. The Labute approximate surface area is 112 Å². The third kappa shape index (κ3) is 3.32. The summed E-state index contributed by atoms with van der Waals surface area (Å²) in [5.41, 5.74) is 3.00. The fourth-order valence-corrected chi connectivity index (χ4v) is 2.08. The van der Waals surface area contributed by atoms with Crippen LogP contribution in [0.4, 0.5) is 0 Å². The van der Waals surface area contributed by atoms with E-state index in [9.17, 15) is 4.79 Å². The smallest absolute Gasteiger partial charge is 0.220 e. The van der Waals surface area contributed by atoms with Gasteiger partial charge in [0.1, 0.15) is 5.65 Å². The summed E-state index contributed by atoms with van der Waals surface area (Å²) in [6.45, 7) is 3.08. The summed E-state index contributed by atoms with van der Waals surface area (Å²) in [6, 6.07) is 5.90. The maximum Gasteiger partial charge on any atom is 0.220 e. The quantitative estimate of drug-likeness (QED) is 0.798. The summed E-state index contributed by atoms with van der Waals surface area (Å²) in [4.78, 5) is 16.1. The Morgan fingerprint density at radius 2 is 2.32 bits per heavy atom. The molecule has 0 aliphatic rings. The lowest BCUT2D eigenvalue weighted by Gasteiger charge is -2.05. The van der Waals surface area contributed by atoms with Gasteiger partial charge in [0.25, 0.3) is 0 Å². The number of carbonyl (C=O) groups is 1. The van der Waals surface area contributed by atoms with Crippen LogP contribution in [-0.4, -0.2) is 35.6 Å². The highest BCUT2D eigenvalue weighted by Gasteiger charge is 2.09. The van der Waals surface area contributed by atoms with E-state index in [2.05, 4.69) is 10.3 Å². The third-order valence-electron chi connectivity index (χ3n) is 3.05. The van der Waals surface area contributed by atoms with E-state index < -0.39 is 0 Å². The molecule has 5 heteroatoms. The number of amides is 1. The van der Waals surface area contributed by atoms with Crippen molar-refractivity contribution in [1.29, 1.82) is 0 Å². The van der Waals surface area contributed by atoms with Gasteiger partial charge >= 0.3 is 0 Å². The Bertz CT molecular complexity index is 563. The van der Waals surface area contributed by atoms with Gasteiger partial charge in [0.05, 0.1) is 12.3 Å². The van der Waals surface area contributed by atoms with E-state index in [4.69, 9.17) is 4.74 Å². The average Bonchev–Trinajstić information content (AvgIpc) is 2.72.